The number of carbonyl (C=O) groups is 1. The lowest BCUT2D eigenvalue weighted by molar-refractivity contribution is -0.115. The number of aromatic amines is 1. The van der Waals surface area contributed by atoms with Gasteiger partial charge in [-0.15, -0.1) is 10.2 Å². The number of thioether (sulfide) groups is 1. The van der Waals surface area contributed by atoms with E-state index in [0.29, 0.717) is 29.8 Å². The number of rotatable bonds is 8. The number of aromatic nitrogens is 4. The summed E-state index contributed by atoms with van der Waals surface area (Å²) in [6.45, 7) is 2.90. The summed E-state index contributed by atoms with van der Waals surface area (Å²) in [5.74, 6) is 0.419. The molecule has 1 saturated heterocycles. The van der Waals surface area contributed by atoms with E-state index in [1.165, 1.54) is 16.1 Å². The Balaban J connectivity index is 1.22. The number of hydrogen-bond donors (Lipinski definition) is 2. The molecule has 0 radical (unpaired) electrons. The number of benzene rings is 3. The maximum absolute atomic E-state index is 13.1. The summed E-state index contributed by atoms with van der Waals surface area (Å²) in [6, 6.07) is 26.2. The average molecular weight is 573 g/mol. The first-order valence-electron chi connectivity index (χ1n) is 13.1. The predicted octanol–water partition coefficient (Wildman–Crippen LogP) is 5.32. The molecule has 6 rings (SSSR count). The van der Waals surface area contributed by atoms with Gasteiger partial charge >= 0.3 is 0 Å². The van der Waals surface area contributed by atoms with E-state index in [0.717, 1.165) is 35.1 Å². The molecule has 3 aromatic carbocycles. The number of carbonyl (C=O) groups excluding carboxylic acids is 1. The quantitative estimate of drug-likeness (QED) is 0.243. The maximum Gasteiger partial charge on any atom is 0.243 e. The third-order valence-corrected chi connectivity index (χ3v) is 9.85. The van der Waals surface area contributed by atoms with Crippen molar-refractivity contribution in [2.75, 3.05) is 18.4 Å². The maximum atomic E-state index is 13.1. The van der Waals surface area contributed by atoms with Crippen LogP contribution in [0.3, 0.4) is 0 Å². The molecule has 1 unspecified atom stereocenters. The van der Waals surface area contributed by atoms with E-state index >= 15 is 0 Å². The van der Waals surface area contributed by atoms with Gasteiger partial charge in [-0.3, -0.25) is 9.36 Å². The Bertz CT molecular complexity index is 1730. The summed E-state index contributed by atoms with van der Waals surface area (Å²) in [4.78, 5) is 16.8. The first kappa shape index (κ1) is 26.3. The minimum atomic E-state index is -3.51. The number of para-hydroxylation sites is 2. The summed E-state index contributed by atoms with van der Waals surface area (Å²) in [5.41, 5.74) is 3.24. The van der Waals surface area contributed by atoms with Gasteiger partial charge in [0, 0.05) is 35.4 Å². The number of amides is 1. The highest BCUT2D eigenvalue weighted by Crippen LogP contribution is 2.32. The van der Waals surface area contributed by atoms with Crippen LogP contribution in [0.5, 0.6) is 0 Å². The molecule has 1 aliphatic heterocycles. The summed E-state index contributed by atoms with van der Waals surface area (Å²) in [6.07, 6.45) is 1.76. The van der Waals surface area contributed by atoms with E-state index in [1.807, 2.05) is 65.2 Å². The standard InChI is InChI=1S/C29H28N6O3S2/c1-20(28(36)30-22-13-15-24(16-14-22)40(37,38)34-17-7-8-18-34)39-29-33-32-27(35(29)23-10-3-2-4-11-23)26-19-21-9-5-6-12-25(21)31-26/h2-6,9-16,19-20,31H,7-8,17-18H2,1H3,(H,30,36). The number of fused-ring (bicyclic) bond motifs is 1. The molecule has 1 aliphatic rings. The molecule has 0 aliphatic carbocycles. The molecular weight excluding hydrogens is 544 g/mol. The molecule has 1 atom stereocenters. The van der Waals surface area contributed by atoms with Crippen molar-refractivity contribution in [2.24, 2.45) is 0 Å². The largest absolute Gasteiger partial charge is 0.352 e. The predicted molar refractivity (Wildman–Crippen MR) is 157 cm³/mol. The van der Waals surface area contributed by atoms with Gasteiger partial charge in [-0.2, -0.15) is 4.31 Å². The van der Waals surface area contributed by atoms with E-state index in [9.17, 15) is 13.2 Å². The van der Waals surface area contributed by atoms with Gasteiger partial charge in [0.05, 0.1) is 15.8 Å². The van der Waals surface area contributed by atoms with Gasteiger partial charge in [-0.05, 0) is 68.3 Å². The van der Waals surface area contributed by atoms with Crippen molar-refractivity contribution in [3.8, 4) is 17.2 Å². The lowest BCUT2D eigenvalue weighted by atomic mass is 10.2. The number of nitrogens with one attached hydrogen (secondary N) is 2. The molecule has 1 amide bonds. The molecule has 9 nitrogen and oxygen atoms in total. The van der Waals surface area contributed by atoms with Crippen LogP contribution in [0, 0.1) is 0 Å². The van der Waals surface area contributed by atoms with Crippen LogP contribution in [-0.2, 0) is 14.8 Å². The van der Waals surface area contributed by atoms with Crippen LogP contribution < -0.4 is 5.32 Å². The first-order valence-corrected chi connectivity index (χ1v) is 15.4. The molecule has 0 saturated carbocycles. The Hall–Kier alpha value is -3.93. The summed E-state index contributed by atoms with van der Waals surface area (Å²) in [5, 5.41) is 13.0. The van der Waals surface area contributed by atoms with Crippen molar-refractivity contribution < 1.29 is 13.2 Å². The number of anilines is 1. The van der Waals surface area contributed by atoms with E-state index in [-0.39, 0.29) is 10.8 Å². The minimum Gasteiger partial charge on any atom is -0.352 e. The monoisotopic (exact) mass is 572 g/mol. The van der Waals surface area contributed by atoms with Crippen LogP contribution in [0.15, 0.2) is 95.0 Å². The Labute approximate surface area is 236 Å². The van der Waals surface area contributed by atoms with Gasteiger partial charge in [0.25, 0.3) is 0 Å². The SMILES string of the molecule is CC(Sc1nnc(-c2cc3ccccc3[nH]2)n1-c1ccccc1)C(=O)Nc1ccc(S(=O)(=O)N2CCCC2)cc1. The first-order chi connectivity index (χ1) is 19.4. The van der Waals surface area contributed by atoms with Gasteiger partial charge in [-0.25, -0.2) is 8.42 Å². The van der Waals surface area contributed by atoms with Crippen LogP contribution in [0.4, 0.5) is 5.69 Å². The fraction of sp³-hybridized carbons (Fsp3) is 0.207. The molecular formula is C29H28N6O3S2. The molecule has 40 heavy (non-hydrogen) atoms. The van der Waals surface area contributed by atoms with Gasteiger partial charge in [0.2, 0.25) is 15.9 Å². The fourth-order valence-electron chi connectivity index (χ4n) is 4.77. The van der Waals surface area contributed by atoms with Crippen molar-refractivity contribution in [1.82, 2.24) is 24.1 Å². The van der Waals surface area contributed by atoms with Gasteiger partial charge in [0.1, 0.15) is 0 Å². The van der Waals surface area contributed by atoms with Gasteiger partial charge in [-0.1, -0.05) is 48.2 Å². The second-order valence-electron chi connectivity index (χ2n) is 9.63. The summed E-state index contributed by atoms with van der Waals surface area (Å²) >= 11 is 1.30. The Morgan fingerprint density at radius 2 is 1.65 bits per heavy atom. The summed E-state index contributed by atoms with van der Waals surface area (Å²) in [7, 11) is -3.51. The molecule has 2 aromatic heterocycles. The van der Waals surface area contributed by atoms with Gasteiger partial charge in [0.15, 0.2) is 11.0 Å². The highest BCUT2D eigenvalue weighted by atomic mass is 32.2. The zero-order chi connectivity index (χ0) is 27.7. The zero-order valence-corrected chi connectivity index (χ0v) is 23.5. The average Bonchev–Trinajstić information content (AvgIpc) is 3.74. The Kier molecular flexibility index (Phi) is 7.18. The molecule has 0 bridgehead atoms. The zero-order valence-electron chi connectivity index (χ0n) is 21.8. The second-order valence-corrected chi connectivity index (χ2v) is 12.9. The van der Waals surface area contributed by atoms with Crippen molar-refractivity contribution in [3.63, 3.8) is 0 Å². The molecule has 1 fully saturated rings. The number of hydrogen-bond acceptors (Lipinski definition) is 6. The van der Waals surface area contributed by atoms with Crippen LogP contribution in [0.2, 0.25) is 0 Å². The molecule has 2 N–H and O–H groups in total. The molecule has 0 spiro atoms. The fourth-order valence-corrected chi connectivity index (χ4v) is 7.15. The van der Waals surface area contributed by atoms with Crippen LogP contribution in [0.1, 0.15) is 19.8 Å². The smallest absolute Gasteiger partial charge is 0.243 e. The third-order valence-electron chi connectivity index (χ3n) is 6.89. The topological polar surface area (TPSA) is 113 Å². The third kappa shape index (κ3) is 5.15. The summed E-state index contributed by atoms with van der Waals surface area (Å²) < 4.78 is 29.1. The highest BCUT2D eigenvalue weighted by Gasteiger charge is 2.27. The normalized spacial score (nSPS) is 14.9. The van der Waals surface area contributed by atoms with E-state index in [4.69, 9.17) is 0 Å². The Morgan fingerprint density at radius 1 is 0.950 bits per heavy atom. The van der Waals surface area contributed by atoms with E-state index in [2.05, 4.69) is 20.5 Å². The number of nitrogens with zero attached hydrogens (tertiary/aromatic N) is 4. The van der Waals surface area contributed by atoms with Crippen molar-refractivity contribution >= 4 is 44.3 Å². The Morgan fingerprint density at radius 3 is 2.38 bits per heavy atom. The van der Waals surface area contributed by atoms with E-state index < -0.39 is 15.3 Å². The molecule has 204 valence electrons. The van der Waals surface area contributed by atoms with Crippen LogP contribution >= 0.6 is 11.8 Å². The number of sulfonamides is 1. The lowest BCUT2D eigenvalue weighted by Crippen LogP contribution is -2.27. The second kappa shape index (κ2) is 10.9. The van der Waals surface area contributed by atoms with E-state index in [1.54, 1.807) is 31.2 Å². The molecule has 3 heterocycles. The van der Waals surface area contributed by atoms with Crippen molar-refractivity contribution in [2.45, 2.75) is 35.1 Å². The number of H-pyrrole nitrogens is 1. The van der Waals surface area contributed by atoms with Gasteiger partial charge < -0.3 is 10.3 Å². The molecule has 11 heteroatoms. The minimum absolute atomic E-state index is 0.227. The van der Waals surface area contributed by atoms with Crippen LogP contribution in [0.25, 0.3) is 28.1 Å². The lowest BCUT2D eigenvalue weighted by Gasteiger charge is -2.16. The van der Waals surface area contributed by atoms with Crippen molar-refractivity contribution in [1.29, 1.82) is 0 Å². The molecule has 5 aromatic rings. The highest BCUT2D eigenvalue weighted by molar-refractivity contribution is 8.00. The van der Waals surface area contributed by atoms with Crippen molar-refractivity contribution in [3.05, 3.63) is 84.9 Å². The van der Waals surface area contributed by atoms with Crippen LogP contribution in [-0.4, -0.2) is 56.7 Å².